The maximum absolute atomic E-state index is 5.85. The van der Waals surface area contributed by atoms with Crippen LogP contribution in [0.4, 0.5) is 0 Å². The van der Waals surface area contributed by atoms with Crippen molar-refractivity contribution in [3.8, 4) is 0 Å². The molecule has 0 amide bonds. The minimum atomic E-state index is 0. The molecule has 2 aromatic rings. The Hall–Kier alpha value is -1.31. The van der Waals surface area contributed by atoms with Crippen LogP contribution >= 0.6 is 58.0 Å². The quantitative estimate of drug-likeness (QED) is 0.136. The highest BCUT2D eigenvalue weighted by Crippen LogP contribution is 2.18. The number of aromatic nitrogens is 4. The van der Waals surface area contributed by atoms with Crippen LogP contribution in [0.3, 0.4) is 0 Å². The number of ether oxygens (including phenoxy) is 2. The second kappa shape index (κ2) is 21.5. The molecule has 2 heterocycles. The third-order valence-electron chi connectivity index (χ3n) is 3.09. The lowest BCUT2D eigenvalue weighted by Gasteiger charge is -1.99. The Kier molecular flexibility index (Phi) is 22.1. The Morgan fingerprint density at radius 3 is 1.88 bits per heavy atom. The van der Waals surface area contributed by atoms with Crippen LogP contribution in [-0.2, 0) is 9.47 Å². The van der Waals surface area contributed by atoms with E-state index in [1.807, 2.05) is 0 Å². The first-order valence-corrected chi connectivity index (χ1v) is 11.3. The standard InChI is InChI=1S/C10H12Cl2N2O.C6H12O.C4HCl3N2.CH4/c1-2-3-5-15-6-4-9-8(11)7-13-10(12)14-9;1-3-5-6-7-4-2;5-2-1-8-4(7)9-3(2)6;/h4,6-7H,2-3,5H2,1H3;4H,2-3,5-6H2,1H3;1H;1H4/b6-4-;;;. The van der Waals surface area contributed by atoms with E-state index in [9.17, 15) is 0 Å². The number of unbranched alkanes of at least 4 members (excludes halogenated alkanes) is 2. The zero-order chi connectivity index (χ0) is 23.5. The van der Waals surface area contributed by atoms with Crippen molar-refractivity contribution in [3.05, 3.63) is 63.0 Å². The van der Waals surface area contributed by atoms with Crippen molar-refractivity contribution in [2.75, 3.05) is 13.2 Å². The smallest absolute Gasteiger partial charge is 0.223 e. The maximum atomic E-state index is 5.85. The molecule has 0 unspecified atom stereocenters. The van der Waals surface area contributed by atoms with Gasteiger partial charge in [-0.05, 0) is 42.1 Å². The third kappa shape index (κ3) is 17.3. The Morgan fingerprint density at radius 1 is 0.844 bits per heavy atom. The van der Waals surface area contributed by atoms with E-state index in [0.717, 1.165) is 25.9 Å². The van der Waals surface area contributed by atoms with E-state index >= 15 is 0 Å². The first-order chi connectivity index (χ1) is 14.8. The molecule has 0 saturated carbocycles. The molecule has 0 atom stereocenters. The van der Waals surface area contributed by atoms with Gasteiger partial charge in [0, 0.05) is 0 Å². The lowest BCUT2D eigenvalue weighted by Crippen LogP contribution is -1.89. The van der Waals surface area contributed by atoms with Gasteiger partial charge in [0.25, 0.3) is 0 Å². The number of rotatable bonds is 9. The van der Waals surface area contributed by atoms with E-state index in [0.29, 0.717) is 22.3 Å². The molecule has 0 aliphatic heterocycles. The van der Waals surface area contributed by atoms with Gasteiger partial charge in [-0.25, -0.2) is 19.9 Å². The largest absolute Gasteiger partial charge is 0.502 e. The highest BCUT2D eigenvalue weighted by Gasteiger charge is 2.00. The lowest BCUT2D eigenvalue weighted by atomic mass is 10.4. The van der Waals surface area contributed by atoms with E-state index < -0.39 is 0 Å². The monoisotopic (exact) mass is 544 g/mol. The van der Waals surface area contributed by atoms with Crippen LogP contribution in [0.25, 0.3) is 6.08 Å². The summed E-state index contributed by atoms with van der Waals surface area (Å²) in [5.74, 6) is 0. The Morgan fingerprint density at radius 2 is 1.38 bits per heavy atom. The number of halogens is 5. The van der Waals surface area contributed by atoms with E-state index in [4.69, 9.17) is 67.5 Å². The van der Waals surface area contributed by atoms with Crippen molar-refractivity contribution in [2.45, 2.75) is 47.0 Å². The number of hydrogen-bond acceptors (Lipinski definition) is 6. The van der Waals surface area contributed by atoms with Crippen LogP contribution in [0.5, 0.6) is 0 Å². The van der Waals surface area contributed by atoms with E-state index in [-0.39, 0.29) is 23.1 Å². The van der Waals surface area contributed by atoms with Gasteiger partial charge in [0.2, 0.25) is 10.6 Å². The summed E-state index contributed by atoms with van der Waals surface area (Å²) in [5.41, 5.74) is 0.563. The van der Waals surface area contributed by atoms with Crippen LogP contribution in [0.2, 0.25) is 25.8 Å². The van der Waals surface area contributed by atoms with Crippen LogP contribution in [0, 0.1) is 0 Å². The van der Waals surface area contributed by atoms with E-state index in [1.165, 1.54) is 25.1 Å². The van der Waals surface area contributed by atoms with Gasteiger partial charge in [-0.15, -0.1) is 0 Å². The van der Waals surface area contributed by atoms with E-state index in [1.54, 1.807) is 12.3 Å². The van der Waals surface area contributed by atoms with Crippen molar-refractivity contribution < 1.29 is 9.47 Å². The Balaban J connectivity index is 0. The zero-order valence-electron chi connectivity index (χ0n) is 17.3. The summed E-state index contributed by atoms with van der Waals surface area (Å²) in [5, 5.41) is 1.21. The van der Waals surface area contributed by atoms with Crippen LogP contribution in [0.1, 0.15) is 52.7 Å². The second-order valence-corrected chi connectivity index (χ2v) is 7.42. The van der Waals surface area contributed by atoms with Gasteiger partial charge >= 0.3 is 0 Å². The van der Waals surface area contributed by atoms with Gasteiger partial charge in [-0.3, -0.25) is 0 Å². The highest BCUT2D eigenvalue weighted by molar-refractivity contribution is 6.41. The van der Waals surface area contributed by atoms with Crippen LogP contribution < -0.4 is 0 Å². The van der Waals surface area contributed by atoms with Gasteiger partial charge in [0.05, 0.1) is 53.9 Å². The van der Waals surface area contributed by atoms with Crippen LogP contribution in [-0.4, -0.2) is 33.1 Å². The fourth-order valence-corrected chi connectivity index (χ4v) is 2.21. The normalized spacial score (nSPS) is 9.59. The molecule has 0 aliphatic rings. The summed E-state index contributed by atoms with van der Waals surface area (Å²) in [6.07, 6.45) is 12.0. The van der Waals surface area contributed by atoms with Gasteiger partial charge in [-0.2, -0.15) is 0 Å². The third-order valence-corrected chi connectivity index (χ3v) is 4.40. The summed E-state index contributed by atoms with van der Waals surface area (Å²) in [7, 11) is 0. The van der Waals surface area contributed by atoms with Crippen molar-refractivity contribution in [1.82, 2.24) is 19.9 Å². The van der Waals surface area contributed by atoms with Gasteiger partial charge in [0.15, 0.2) is 5.15 Å². The predicted octanol–water partition coefficient (Wildman–Crippen LogP) is 8.59. The SMILES string of the molecule is C.C=COCCCC.CCCCO/C=C\c1nc(Cl)ncc1Cl.Clc1ncc(Cl)c(Cl)n1. The van der Waals surface area contributed by atoms with Crippen molar-refractivity contribution in [3.63, 3.8) is 0 Å². The summed E-state index contributed by atoms with van der Waals surface area (Å²) >= 11 is 27.7. The molecule has 0 N–H and O–H groups in total. The summed E-state index contributed by atoms with van der Waals surface area (Å²) in [4.78, 5) is 14.8. The molecule has 0 aromatic carbocycles. The van der Waals surface area contributed by atoms with Gasteiger partial charge < -0.3 is 9.47 Å². The minimum absolute atomic E-state index is 0. The van der Waals surface area contributed by atoms with Gasteiger partial charge in [-0.1, -0.05) is 75.5 Å². The Bertz CT molecular complexity index is 795. The molecule has 11 heteroatoms. The Labute approximate surface area is 215 Å². The molecule has 2 aromatic heterocycles. The van der Waals surface area contributed by atoms with Crippen LogP contribution in [0.15, 0.2) is 31.5 Å². The van der Waals surface area contributed by atoms with Crippen molar-refractivity contribution in [2.24, 2.45) is 0 Å². The zero-order valence-corrected chi connectivity index (χ0v) is 21.1. The molecule has 6 nitrogen and oxygen atoms in total. The fourth-order valence-electron chi connectivity index (χ4n) is 1.52. The molecule has 0 aliphatic carbocycles. The first kappa shape index (κ1) is 32.9. The molecule has 0 spiro atoms. The van der Waals surface area contributed by atoms with E-state index in [2.05, 4.69) is 40.4 Å². The fraction of sp³-hybridized carbons (Fsp3) is 0.429. The lowest BCUT2D eigenvalue weighted by molar-refractivity contribution is 0.245. The summed E-state index contributed by atoms with van der Waals surface area (Å²) in [6, 6.07) is 0. The number of hydrogen-bond donors (Lipinski definition) is 0. The molecule has 0 saturated heterocycles. The first-order valence-electron chi connectivity index (χ1n) is 9.37. The summed E-state index contributed by atoms with van der Waals surface area (Å²) in [6.45, 7) is 9.16. The second-order valence-electron chi connectivity index (χ2n) is 5.57. The van der Waals surface area contributed by atoms with Crippen molar-refractivity contribution in [1.29, 1.82) is 0 Å². The number of nitrogens with zero attached hydrogens (tertiary/aromatic N) is 4. The predicted molar refractivity (Wildman–Crippen MR) is 137 cm³/mol. The molecular weight excluding hydrogens is 518 g/mol. The molecule has 0 bridgehead atoms. The summed E-state index contributed by atoms with van der Waals surface area (Å²) < 4.78 is 10.1. The highest BCUT2D eigenvalue weighted by atomic mass is 35.5. The molecule has 2 rings (SSSR count). The van der Waals surface area contributed by atoms with Gasteiger partial charge in [0.1, 0.15) is 0 Å². The average molecular weight is 547 g/mol. The van der Waals surface area contributed by atoms with Crippen molar-refractivity contribution >= 4 is 64.1 Å². The maximum Gasteiger partial charge on any atom is 0.223 e. The molecular formula is C21H29Cl5N4O2. The minimum Gasteiger partial charge on any atom is -0.502 e. The average Bonchev–Trinajstić information content (AvgIpc) is 2.74. The molecule has 32 heavy (non-hydrogen) atoms. The molecule has 180 valence electrons. The molecule has 0 fully saturated rings. The molecule has 0 radical (unpaired) electrons. The topological polar surface area (TPSA) is 70.0 Å².